The van der Waals surface area contributed by atoms with E-state index in [1.165, 1.54) is 6.07 Å². The van der Waals surface area contributed by atoms with E-state index in [2.05, 4.69) is 15.1 Å². The highest BCUT2D eigenvalue weighted by molar-refractivity contribution is 5.63. The van der Waals surface area contributed by atoms with Gasteiger partial charge in [0.1, 0.15) is 11.6 Å². The predicted molar refractivity (Wildman–Crippen MR) is 105 cm³/mol. The molecule has 2 aromatic carbocycles. The quantitative estimate of drug-likeness (QED) is 0.647. The SMILES string of the molecule is Oc1ccc(-c2[nH]ncc2CN(Cc2ccccc2F)CC2CCCO2)cc1. The molecular weight excluding hydrogens is 357 g/mol. The Morgan fingerprint density at radius 3 is 2.64 bits per heavy atom. The zero-order valence-corrected chi connectivity index (χ0v) is 15.6. The summed E-state index contributed by atoms with van der Waals surface area (Å²) < 4.78 is 20.0. The molecule has 0 spiro atoms. The van der Waals surface area contributed by atoms with E-state index in [-0.39, 0.29) is 17.7 Å². The van der Waals surface area contributed by atoms with Crippen molar-refractivity contribution in [3.05, 3.63) is 71.7 Å². The second-order valence-electron chi connectivity index (χ2n) is 7.21. The predicted octanol–water partition coefficient (Wildman–Crippen LogP) is 4.10. The smallest absolute Gasteiger partial charge is 0.127 e. The third-order valence-electron chi connectivity index (χ3n) is 5.11. The number of aromatic hydroxyl groups is 1. The van der Waals surface area contributed by atoms with Gasteiger partial charge in [0, 0.05) is 42.9 Å². The number of nitrogens with zero attached hydrogens (tertiary/aromatic N) is 2. The number of aromatic amines is 1. The van der Waals surface area contributed by atoms with Gasteiger partial charge in [-0.3, -0.25) is 10.00 Å². The largest absolute Gasteiger partial charge is 0.508 e. The van der Waals surface area contributed by atoms with E-state index >= 15 is 0 Å². The van der Waals surface area contributed by atoms with Crippen molar-refractivity contribution in [2.24, 2.45) is 0 Å². The van der Waals surface area contributed by atoms with Crippen molar-refractivity contribution >= 4 is 0 Å². The van der Waals surface area contributed by atoms with Gasteiger partial charge in [0.25, 0.3) is 0 Å². The second-order valence-corrected chi connectivity index (χ2v) is 7.21. The van der Waals surface area contributed by atoms with Crippen molar-refractivity contribution in [2.45, 2.75) is 32.0 Å². The molecule has 5 nitrogen and oxygen atoms in total. The molecule has 28 heavy (non-hydrogen) atoms. The van der Waals surface area contributed by atoms with Crippen LogP contribution < -0.4 is 0 Å². The van der Waals surface area contributed by atoms with Crippen LogP contribution in [0.15, 0.2) is 54.7 Å². The van der Waals surface area contributed by atoms with E-state index in [1.807, 2.05) is 30.5 Å². The summed E-state index contributed by atoms with van der Waals surface area (Å²) in [7, 11) is 0. The third kappa shape index (κ3) is 4.40. The average Bonchev–Trinajstić information content (AvgIpc) is 3.36. The Balaban J connectivity index is 1.56. The summed E-state index contributed by atoms with van der Waals surface area (Å²) in [5.41, 5.74) is 3.56. The van der Waals surface area contributed by atoms with E-state index in [9.17, 15) is 9.50 Å². The van der Waals surface area contributed by atoms with Crippen LogP contribution in [-0.4, -0.2) is 39.5 Å². The van der Waals surface area contributed by atoms with Crippen molar-refractivity contribution in [3.8, 4) is 17.0 Å². The van der Waals surface area contributed by atoms with Gasteiger partial charge in [0.05, 0.1) is 18.0 Å². The van der Waals surface area contributed by atoms with Crippen molar-refractivity contribution in [2.75, 3.05) is 13.2 Å². The summed E-state index contributed by atoms with van der Waals surface area (Å²) in [5.74, 6) is 0.0372. The maximum atomic E-state index is 14.2. The molecule has 2 heterocycles. The first-order valence-electron chi connectivity index (χ1n) is 9.58. The molecule has 1 fully saturated rings. The number of hydrogen-bond donors (Lipinski definition) is 2. The van der Waals surface area contributed by atoms with Crippen molar-refractivity contribution in [1.82, 2.24) is 15.1 Å². The number of rotatable bonds is 7. The summed E-state index contributed by atoms with van der Waals surface area (Å²) in [6, 6.07) is 13.9. The Bertz CT molecular complexity index is 904. The number of nitrogens with one attached hydrogen (secondary N) is 1. The molecule has 0 saturated carbocycles. The number of phenolic OH excluding ortho intramolecular Hbond substituents is 1. The minimum atomic E-state index is -0.189. The molecule has 1 aliphatic heterocycles. The molecule has 0 aliphatic carbocycles. The molecule has 1 aromatic heterocycles. The lowest BCUT2D eigenvalue weighted by atomic mass is 10.1. The fourth-order valence-corrected chi connectivity index (χ4v) is 3.68. The van der Waals surface area contributed by atoms with Crippen LogP contribution in [0, 0.1) is 5.82 Å². The van der Waals surface area contributed by atoms with Crippen LogP contribution in [-0.2, 0) is 17.8 Å². The zero-order valence-electron chi connectivity index (χ0n) is 15.6. The molecule has 2 N–H and O–H groups in total. The van der Waals surface area contributed by atoms with E-state index in [0.29, 0.717) is 18.7 Å². The molecule has 0 radical (unpaired) electrons. The van der Waals surface area contributed by atoms with Gasteiger partial charge >= 0.3 is 0 Å². The molecule has 1 saturated heterocycles. The number of phenols is 1. The van der Waals surface area contributed by atoms with Crippen LogP contribution in [0.1, 0.15) is 24.0 Å². The summed E-state index contributed by atoms with van der Waals surface area (Å²) in [5, 5.41) is 16.8. The van der Waals surface area contributed by atoms with Crippen LogP contribution in [0.25, 0.3) is 11.3 Å². The van der Waals surface area contributed by atoms with E-state index < -0.39 is 0 Å². The Kier molecular flexibility index (Phi) is 5.69. The summed E-state index contributed by atoms with van der Waals surface area (Å²) in [4.78, 5) is 2.21. The maximum absolute atomic E-state index is 14.2. The normalized spacial score (nSPS) is 16.7. The third-order valence-corrected chi connectivity index (χ3v) is 5.11. The fraction of sp³-hybridized carbons (Fsp3) is 0.318. The van der Waals surface area contributed by atoms with Gasteiger partial charge in [-0.25, -0.2) is 4.39 Å². The maximum Gasteiger partial charge on any atom is 0.127 e. The van der Waals surface area contributed by atoms with Gasteiger partial charge in [-0.1, -0.05) is 18.2 Å². The number of aromatic nitrogens is 2. The molecule has 4 rings (SSSR count). The molecular formula is C22H24FN3O2. The molecule has 6 heteroatoms. The number of benzene rings is 2. The zero-order chi connectivity index (χ0) is 19.3. The van der Waals surface area contributed by atoms with Crippen LogP contribution in [0.2, 0.25) is 0 Å². The number of H-pyrrole nitrogens is 1. The van der Waals surface area contributed by atoms with E-state index in [4.69, 9.17) is 4.74 Å². The minimum absolute atomic E-state index is 0.177. The molecule has 1 atom stereocenters. The van der Waals surface area contributed by atoms with Crippen molar-refractivity contribution in [3.63, 3.8) is 0 Å². The molecule has 1 unspecified atom stereocenters. The standard InChI is InChI=1S/C22H24FN3O2/c23-21-6-2-1-4-17(21)13-26(15-20-5-3-11-28-20)14-18-12-24-25-22(18)16-7-9-19(27)10-8-16/h1-2,4,6-10,12,20,27H,3,5,11,13-15H2,(H,24,25). The molecule has 0 amide bonds. The van der Waals surface area contributed by atoms with Gasteiger partial charge in [-0.15, -0.1) is 0 Å². The molecule has 3 aromatic rings. The Hall–Kier alpha value is -2.70. The molecule has 1 aliphatic rings. The van der Waals surface area contributed by atoms with Gasteiger partial charge in [-0.05, 0) is 43.2 Å². The monoisotopic (exact) mass is 381 g/mol. The van der Waals surface area contributed by atoms with Crippen molar-refractivity contribution in [1.29, 1.82) is 0 Å². The van der Waals surface area contributed by atoms with Crippen LogP contribution >= 0.6 is 0 Å². The average molecular weight is 381 g/mol. The summed E-state index contributed by atoms with van der Waals surface area (Å²) >= 11 is 0. The lowest BCUT2D eigenvalue weighted by molar-refractivity contribution is 0.0676. The topological polar surface area (TPSA) is 61.4 Å². The summed E-state index contributed by atoms with van der Waals surface area (Å²) in [6.45, 7) is 2.67. The number of ether oxygens (including phenoxy) is 1. The summed E-state index contributed by atoms with van der Waals surface area (Å²) in [6.07, 6.45) is 4.09. The highest BCUT2D eigenvalue weighted by Crippen LogP contribution is 2.26. The Morgan fingerprint density at radius 2 is 1.89 bits per heavy atom. The van der Waals surface area contributed by atoms with Crippen LogP contribution in [0.5, 0.6) is 5.75 Å². The molecule has 0 bridgehead atoms. The first kappa shape index (κ1) is 18.7. The van der Waals surface area contributed by atoms with E-state index in [0.717, 1.165) is 42.8 Å². The van der Waals surface area contributed by atoms with Crippen LogP contribution in [0.3, 0.4) is 0 Å². The number of halogens is 1. The fourth-order valence-electron chi connectivity index (χ4n) is 3.68. The molecule has 146 valence electrons. The lowest BCUT2D eigenvalue weighted by Crippen LogP contribution is -2.31. The Labute approximate surface area is 163 Å². The first-order chi connectivity index (χ1) is 13.7. The highest BCUT2D eigenvalue weighted by Gasteiger charge is 2.21. The van der Waals surface area contributed by atoms with Gasteiger partial charge in [0.15, 0.2) is 0 Å². The highest BCUT2D eigenvalue weighted by atomic mass is 19.1. The second kappa shape index (κ2) is 8.54. The van der Waals surface area contributed by atoms with Gasteiger partial charge < -0.3 is 9.84 Å². The van der Waals surface area contributed by atoms with Gasteiger partial charge in [0.2, 0.25) is 0 Å². The Morgan fingerprint density at radius 1 is 1.11 bits per heavy atom. The number of hydrogen-bond acceptors (Lipinski definition) is 4. The van der Waals surface area contributed by atoms with Crippen LogP contribution in [0.4, 0.5) is 4.39 Å². The first-order valence-corrected chi connectivity index (χ1v) is 9.58. The lowest BCUT2D eigenvalue weighted by Gasteiger charge is -2.25. The minimum Gasteiger partial charge on any atom is -0.508 e. The van der Waals surface area contributed by atoms with Crippen molar-refractivity contribution < 1.29 is 14.2 Å². The van der Waals surface area contributed by atoms with E-state index in [1.54, 1.807) is 18.2 Å². The van der Waals surface area contributed by atoms with Gasteiger partial charge in [-0.2, -0.15) is 5.10 Å².